The summed E-state index contributed by atoms with van der Waals surface area (Å²) in [5.74, 6) is 1.02. The van der Waals surface area contributed by atoms with Gasteiger partial charge in [0.15, 0.2) is 5.16 Å². The second-order valence-corrected chi connectivity index (χ2v) is 10.7. The second kappa shape index (κ2) is 8.53. The van der Waals surface area contributed by atoms with Crippen molar-refractivity contribution in [2.75, 3.05) is 5.75 Å². The van der Waals surface area contributed by atoms with Crippen LogP contribution in [-0.4, -0.2) is 15.3 Å². The summed E-state index contributed by atoms with van der Waals surface area (Å²) in [5, 5.41) is 0.968. The van der Waals surface area contributed by atoms with Gasteiger partial charge in [0, 0.05) is 22.8 Å². The third-order valence-corrected chi connectivity index (χ3v) is 8.76. The Kier molecular flexibility index (Phi) is 5.79. The largest absolute Gasteiger partial charge is 0.284 e. The van der Waals surface area contributed by atoms with E-state index in [2.05, 4.69) is 35.8 Å². The molecule has 0 radical (unpaired) electrons. The molecule has 0 N–H and O–H groups in total. The second-order valence-electron chi connectivity index (χ2n) is 9.61. The molecule has 2 aromatic rings. The van der Waals surface area contributed by atoms with Gasteiger partial charge in [0.25, 0.3) is 5.56 Å². The predicted octanol–water partition coefficient (Wildman–Crippen LogP) is 6.68. The van der Waals surface area contributed by atoms with Crippen LogP contribution >= 0.6 is 11.8 Å². The van der Waals surface area contributed by atoms with Gasteiger partial charge in [0.1, 0.15) is 0 Å². The predicted molar refractivity (Wildman–Crippen MR) is 126 cm³/mol. The zero-order chi connectivity index (χ0) is 20.6. The third kappa shape index (κ3) is 3.45. The lowest BCUT2D eigenvalue weighted by atomic mass is 9.62. The van der Waals surface area contributed by atoms with Crippen LogP contribution in [0.3, 0.4) is 0 Å². The molecule has 1 aromatic carbocycles. The average molecular weight is 423 g/mol. The highest BCUT2D eigenvalue weighted by Crippen LogP contribution is 2.49. The van der Waals surface area contributed by atoms with Crippen LogP contribution in [0.2, 0.25) is 0 Å². The van der Waals surface area contributed by atoms with Crippen molar-refractivity contribution < 1.29 is 0 Å². The van der Waals surface area contributed by atoms with Crippen LogP contribution in [0.4, 0.5) is 0 Å². The van der Waals surface area contributed by atoms with E-state index in [1.807, 2.05) is 0 Å². The first-order valence-electron chi connectivity index (χ1n) is 12.1. The highest BCUT2D eigenvalue weighted by atomic mass is 32.2. The highest BCUT2D eigenvalue weighted by molar-refractivity contribution is 7.99. The van der Waals surface area contributed by atoms with Crippen molar-refractivity contribution >= 4 is 11.8 Å². The van der Waals surface area contributed by atoms with Gasteiger partial charge in [-0.05, 0) is 44.1 Å². The van der Waals surface area contributed by atoms with Gasteiger partial charge >= 0.3 is 0 Å². The molecule has 0 aliphatic heterocycles. The van der Waals surface area contributed by atoms with Crippen molar-refractivity contribution in [2.24, 2.45) is 0 Å². The lowest BCUT2D eigenvalue weighted by molar-refractivity contribution is 0.273. The first kappa shape index (κ1) is 20.4. The Morgan fingerprint density at radius 2 is 1.80 bits per heavy atom. The van der Waals surface area contributed by atoms with Gasteiger partial charge < -0.3 is 0 Å². The minimum absolute atomic E-state index is 0.00358. The minimum Gasteiger partial charge on any atom is -0.284 e. The van der Waals surface area contributed by atoms with Crippen LogP contribution < -0.4 is 5.56 Å². The molecule has 2 saturated carbocycles. The molecule has 1 spiro atoms. The van der Waals surface area contributed by atoms with Gasteiger partial charge in [-0.3, -0.25) is 9.36 Å². The van der Waals surface area contributed by atoms with Crippen molar-refractivity contribution in [3.63, 3.8) is 0 Å². The van der Waals surface area contributed by atoms with Crippen LogP contribution in [-0.2, 0) is 11.8 Å². The maximum absolute atomic E-state index is 14.3. The van der Waals surface area contributed by atoms with Crippen LogP contribution in [0.1, 0.15) is 94.7 Å². The Morgan fingerprint density at radius 1 is 1.07 bits per heavy atom. The molecule has 2 fully saturated rings. The molecule has 0 saturated heterocycles. The number of thioether (sulfide) groups is 1. The summed E-state index contributed by atoms with van der Waals surface area (Å²) < 4.78 is 2.16. The summed E-state index contributed by atoms with van der Waals surface area (Å²) >= 11 is 1.79. The molecule has 1 aromatic heterocycles. The average Bonchev–Trinajstić information content (AvgIpc) is 2.78. The maximum atomic E-state index is 14.3. The Balaban J connectivity index is 1.75. The fraction of sp³-hybridized carbons (Fsp3) is 0.615. The van der Waals surface area contributed by atoms with E-state index >= 15 is 0 Å². The van der Waals surface area contributed by atoms with Crippen LogP contribution in [0.25, 0.3) is 11.3 Å². The van der Waals surface area contributed by atoms with Gasteiger partial charge in [0.05, 0.1) is 11.3 Å². The maximum Gasteiger partial charge on any atom is 0.258 e. The Bertz CT molecular complexity index is 967. The van der Waals surface area contributed by atoms with Crippen molar-refractivity contribution in [1.29, 1.82) is 0 Å². The number of hydrogen-bond acceptors (Lipinski definition) is 3. The zero-order valence-corrected chi connectivity index (χ0v) is 19.1. The molecular weight excluding hydrogens is 388 g/mol. The highest BCUT2D eigenvalue weighted by Gasteiger charge is 2.43. The van der Waals surface area contributed by atoms with E-state index in [9.17, 15) is 4.79 Å². The molecule has 1 heterocycles. The van der Waals surface area contributed by atoms with Crippen molar-refractivity contribution in [3.8, 4) is 11.3 Å². The summed E-state index contributed by atoms with van der Waals surface area (Å²) in [5.41, 5.74) is 4.95. The first-order valence-corrected chi connectivity index (χ1v) is 13.1. The number of rotatable bonds is 4. The lowest BCUT2D eigenvalue weighted by Gasteiger charge is -2.42. The number of benzene rings is 1. The smallest absolute Gasteiger partial charge is 0.258 e. The Morgan fingerprint density at radius 3 is 2.57 bits per heavy atom. The fourth-order valence-electron chi connectivity index (χ4n) is 6.16. The van der Waals surface area contributed by atoms with E-state index in [1.165, 1.54) is 49.7 Å². The van der Waals surface area contributed by atoms with Gasteiger partial charge in [-0.1, -0.05) is 81.5 Å². The molecule has 0 atom stereocenters. The molecular formula is C26H34N2OS. The molecule has 4 heteroatoms. The summed E-state index contributed by atoms with van der Waals surface area (Å²) in [6.45, 7) is 2.21. The number of nitrogens with zero attached hydrogens (tertiary/aromatic N) is 2. The molecule has 0 bridgehead atoms. The first-order chi connectivity index (χ1) is 14.7. The molecule has 0 amide bonds. The standard InChI is InChI=1S/C26H34N2OS/c1-2-17-30-25-27-23-21-14-8-7-11-19(21)18-26(15-9-4-10-16-26)22(23)24(29)28(25)20-12-5-3-6-13-20/h7-8,11,14,20H,2-6,9-10,12-13,15-18H2,1H3. The SMILES string of the molecule is CCCSc1nc2c(c(=O)n1C1CCCCC1)C1(CCCCC1)Cc1ccccc1-2. The molecule has 160 valence electrons. The third-order valence-electron chi connectivity index (χ3n) is 7.60. The Hall–Kier alpha value is -1.55. The van der Waals surface area contributed by atoms with Gasteiger partial charge in [-0.2, -0.15) is 0 Å². The molecule has 3 aliphatic rings. The van der Waals surface area contributed by atoms with Gasteiger partial charge in [-0.15, -0.1) is 0 Å². The fourth-order valence-corrected chi connectivity index (χ4v) is 7.07. The number of hydrogen-bond donors (Lipinski definition) is 0. The van der Waals surface area contributed by atoms with Gasteiger partial charge in [0.2, 0.25) is 0 Å². The van der Waals surface area contributed by atoms with E-state index in [0.717, 1.165) is 60.7 Å². The van der Waals surface area contributed by atoms with Crippen molar-refractivity contribution in [3.05, 3.63) is 45.7 Å². The summed E-state index contributed by atoms with van der Waals surface area (Å²) in [6, 6.07) is 9.05. The summed E-state index contributed by atoms with van der Waals surface area (Å²) in [7, 11) is 0. The Labute approximate surface area is 184 Å². The van der Waals surface area contributed by atoms with Crippen LogP contribution in [0.15, 0.2) is 34.2 Å². The van der Waals surface area contributed by atoms with Crippen molar-refractivity contribution in [1.82, 2.24) is 9.55 Å². The lowest BCUT2D eigenvalue weighted by Crippen LogP contribution is -2.44. The summed E-state index contributed by atoms with van der Waals surface area (Å²) in [6.07, 6.45) is 14.2. The zero-order valence-electron chi connectivity index (χ0n) is 18.3. The van der Waals surface area contributed by atoms with Crippen LogP contribution in [0, 0.1) is 0 Å². The topological polar surface area (TPSA) is 34.9 Å². The van der Waals surface area contributed by atoms with Gasteiger partial charge in [-0.25, -0.2) is 4.98 Å². The molecule has 5 rings (SSSR count). The van der Waals surface area contributed by atoms with Crippen LogP contribution in [0.5, 0.6) is 0 Å². The molecule has 0 unspecified atom stereocenters. The monoisotopic (exact) mass is 422 g/mol. The van der Waals surface area contributed by atoms with E-state index in [1.54, 1.807) is 11.8 Å². The van der Waals surface area contributed by atoms with E-state index < -0.39 is 0 Å². The van der Waals surface area contributed by atoms with E-state index in [4.69, 9.17) is 4.98 Å². The summed E-state index contributed by atoms with van der Waals surface area (Å²) in [4.78, 5) is 19.6. The van der Waals surface area contributed by atoms with E-state index in [0.29, 0.717) is 11.6 Å². The van der Waals surface area contributed by atoms with E-state index in [-0.39, 0.29) is 5.41 Å². The molecule has 3 aliphatic carbocycles. The molecule has 30 heavy (non-hydrogen) atoms. The van der Waals surface area contributed by atoms with Crippen molar-refractivity contribution in [2.45, 2.75) is 101 Å². The number of aromatic nitrogens is 2. The molecule has 3 nitrogen and oxygen atoms in total. The quantitative estimate of drug-likeness (QED) is 0.407. The normalized spacial score (nSPS) is 20.7. The number of fused-ring (bicyclic) bond motifs is 4. The minimum atomic E-state index is -0.00358.